The van der Waals surface area contributed by atoms with Gasteiger partial charge >= 0.3 is 11.9 Å². The summed E-state index contributed by atoms with van der Waals surface area (Å²) in [5, 5.41) is 24.8. The molecule has 39 heavy (non-hydrogen) atoms. The maximum Gasteiger partial charge on any atom is 0.303 e. The Morgan fingerprint density at radius 2 is 1.77 bits per heavy atom. The molecule has 0 spiro atoms. The molecule has 4 rings (SSSR count). The van der Waals surface area contributed by atoms with E-state index < -0.39 is 28.4 Å². The Morgan fingerprint density at radius 3 is 2.38 bits per heavy atom. The number of rotatable bonds is 8. The van der Waals surface area contributed by atoms with Crippen molar-refractivity contribution in [1.82, 2.24) is 0 Å². The molecule has 0 saturated heterocycles. The Bertz CT molecular complexity index is 951. The lowest BCUT2D eigenvalue weighted by Crippen LogP contribution is -3.00. The maximum atomic E-state index is 12.6. The number of carbonyl (C=O) groups excluding carboxylic acids is 2. The minimum absolute atomic E-state index is 0.236. The summed E-state index contributed by atoms with van der Waals surface area (Å²) >= 11 is 0. The van der Waals surface area contributed by atoms with Crippen molar-refractivity contribution in [3.8, 4) is 0 Å². The average Bonchev–Trinajstić information content (AvgIpc) is 3.16. The van der Waals surface area contributed by atoms with Crippen molar-refractivity contribution in [1.29, 1.82) is 0 Å². The molecule has 1 unspecified atom stereocenters. The van der Waals surface area contributed by atoms with Gasteiger partial charge in [-0.3, -0.25) is 9.59 Å². The van der Waals surface area contributed by atoms with Crippen LogP contribution in [0, 0.1) is 51.5 Å². The van der Waals surface area contributed by atoms with E-state index in [2.05, 4.69) is 39.7 Å². The van der Waals surface area contributed by atoms with Crippen molar-refractivity contribution in [2.45, 2.75) is 131 Å². The quantitative estimate of drug-likeness (QED) is 0.308. The monoisotopic (exact) mass is 548 g/mol. The molecule has 8 heteroatoms. The van der Waals surface area contributed by atoms with Gasteiger partial charge < -0.3 is 14.7 Å². The van der Waals surface area contributed by atoms with Crippen LogP contribution in [0.4, 0.5) is 0 Å². The Balaban J connectivity index is 1.68. The molecular weight excluding hydrogens is 496 g/mol. The predicted octanol–water partition coefficient (Wildman–Crippen LogP) is 5.46. The van der Waals surface area contributed by atoms with Gasteiger partial charge in [-0.25, -0.2) is 0 Å². The number of hydrogen-bond acceptors (Lipinski definition) is 7. The number of carbonyl (C=O) groups is 2. The fraction of sp³-hybridized carbons (Fsp3) is 0.903. The van der Waals surface area contributed by atoms with Crippen LogP contribution in [0.3, 0.4) is 0 Å². The first kappa shape index (κ1) is 30.4. The highest BCUT2D eigenvalue weighted by Gasteiger charge is 2.69. The Morgan fingerprint density at radius 1 is 1.05 bits per heavy atom. The van der Waals surface area contributed by atoms with Crippen LogP contribution in [0.15, 0.2) is 5.10 Å². The minimum Gasteiger partial charge on any atom is -0.572 e. The molecule has 222 valence electrons. The molecule has 4 saturated carbocycles. The summed E-state index contributed by atoms with van der Waals surface area (Å²) in [5.41, 5.74) is -0.940. The zero-order chi connectivity index (χ0) is 28.8. The minimum atomic E-state index is -1.26. The summed E-state index contributed by atoms with van der Waals surface area (Å²) in [6.07, 6.45) is 10.2. The first-order chi connectivity index (χ1) is 18.2. The van der Waals surface area contributed by atoms with E-state index in [1.54, 1.807) is 0 Å². The molecule has 0 aromatic carbocycles. The first-order valence-electron chi connectivity index (χ1n) is 15.4. The third kappa shape index (κ3) is 5.54. The van der Waals surface area contributed by atoms with E-state index in [4.69, 9.17) is 9.47 Å². The van der Waals surface area contributed by atoms with Gasteiger partial charge in [0.05, 0.1) is 0 Å². The molecule has 0 radical (unpaired) electrons. The molecular formula is C31H52N2O6. The van der Waals surface area contributed by atoms with Crippen LogP contribution < -0.4 is 5.34 Å². The van der Waals surface area contributed by atoms with Crippen LogP contribution in [0.25, 0.3) is 0 Å². The summed E-state index contributed by atoms with van der Waals surface area (Å²) in [7, 11) is 0. The molecule has 0 amide bonds. The zero-order valence-corrected chi connectivity index (χ0v) is 25.3. The van der Waals surface area contributed by atoms with Crippen molar-refractivity contribution in [2.75, 3.05) is 0 Å². The number of nitrogens with zero attached hydrogens (tertiary/aromatic N) is 1. The summed E-state index contributed by atoms with van der Waals surface area (Å²) < 4.78 is 11.8. The van der Waals surface area contributed by atoms with Gasteiger partial charge in [0.1, 0.15) is 11.8 Å². The van der Waals surface area contributed by atoms with Crippen LogP contribution in [0.1, 0.15) is 119 Å². The van der Waals surface area contributed by atoms with Crippen LogP contribution >= 0.6 is 0 Å². The Labute approximate surface area is 234 Å². The Hall–Kier alpha value is -1.51. The third-order valence-corrected chi connectivity index (χ3v) is 11.7. The number of ether oxygens (including phenoxy) is 2. The second-order valence-corrected chi connectivity index (χ2v) is 14.3. The summed E-state index contributed by atoms with van der Waals surface area (Å²) in [5.74, 6) is 2.40. The maximum absolute atomic E-state index is 12.6. The number of fused-ring (bicyclic) bond motifs is 5. The van der Waals surface area contributed by atoms with Crippen molar-refractivity contribution >= 4 is 17.7 Å². The largest absolute Gasteiger partial charge is 0.572 e. The molecule has 4 aliphatic carbocycles. The van der Waals surface area contributed by atoms with Gasteiger partial charge in [0.2, 0.25) is 0 Å². The number of nitrogens with one attached hydrogen (secondary N) is 1. The lowest BCUT2D eigenvalue weighted by atomic mass is 9.42. The lowest BCUT2D eigenvalue weighted by Gasteiger charge is -2.64. The highest BCUT2D eigenvalue weighted by atomic mass is 16.8. The van der Waals surface area contributed by atoms with Crippen molar-refractivity contribution in [3.05, 3.63) is 5.21 Å². The molecule has 4 fully saturated rings. The average molecular weight is 549 g/mol. The zero-order valence-electron chi connectivity index (χ0n) is 25.3. The molecule has 2 N–H and O–H groups in total. The van der Waals surface area contributed by atoms with Gasteiger partial charge in [0.15, 0.2) is 5.60 Å². The smallest absolute Gasteiger partial charge is 0.303 e. The molecule has 10 atom stereocenters. The summed E-state index contributed by atoms with van der Waals surface area (Å²) in [6, 6.07) is 0. The summed E-state index contributed by atoms with van der Waals surface area (Å²) in [4.78, 5) is 24.4. The van der Waals surface area contributed by atoms with E-state index in [0.29, 0.717) is 54.6 Å². The SMILES string of the molecule is CC(=O)O[C@H]1CC[C@]2(C)[C@H]3CC[C@]4(C)[C@@H]([C@H](C)CCCC(C)C)CC[C@H]4[C@@H]3C/C(=N\[NH+]([O-])O)[C@@]2(OC(C)=O)C1. The van der Waals surface area contributed by atoms with Crippen molar-refractivity contribution < 1.29 is 29.6 Å². The van der Waals surface area contributed by atoms with Crippen molar-refractivity contribution in [2.24, 2.45) is 51.4 Å². The second-order valence-electron chi connectivity index (χ2n) is 14.3. The second kappa shape index (κ2) is 11.4. The van der Waals surface area contributed by atoms with Crippen LogP contribution in [0.5, 0.6) is 0 Å². The van der Waals surface area contributed by atoms with Gasteiger partial charge in [-0.15, -0.1) is 5.34 Å². The molecule has 0 aromatic rings. The molecule has 8 nitrogen and oxygen atoms in total. The highest BCUT2D eigenvalue weighted by molar-refractivity contribution is 5.96. The molecule has 4 aliphatic rings. The molecule has 0 aromatic heterocycles. The van der Waals surface area contributed by atoms with E-state index >= 15 is 0 Å². The van der Waals surface area contributed by atoms with E-state index in [0.717, 1.165) is 18.8 Å². The van der Waals surface area contributed by atoms with Crippen LogP contribution in [0.2, 0.25) is 0 Å². The molecule has 0 heterocycles. The number of esters is 2. The summed E-state index contributed by atoms with van der Waals surface area (Å²) in [6.45, 7) is 14.5. The van der Waals surface area contributed by atoms with Crippen LogP contribution in [-0.2, 0) is 19.1 Å². The van der Waals surface area contributed by atoms with E-state index in [-0.39, 0.29) is 17.8 Å². The van der Waals surface area contributed by atoms with E-state index in [1.165, 1.54) is 46.0 Å². The number of quaternary nitrogens is 1. The normalized spacial score (nSPS) is 42.3. The first-order valence-corrected chi connectivity index (χ1v) is 15.4. The van der Waals surface area contributed by atoms with Gasteiger partial charge in [0.25, 0.3) is 0 Å². The number of hydrogen-bond donors (Lipinski definition) is 2. The van der Waals surface area contributed by atoms with E-state index in [9.17, 15) is 20.0 Å². The van der Waals surface area contributed by atoms with Crippen molar-refractivity contribution in [3.63, 3.8) is 0 Å². The van der Waals surface area contributed by atoms with Gasteiger partial charge in [-0.2, -0.15) is 5.21 Å². The van der Waals surface area contributed by atoms with E-state index in [1.807, 2.05) is 0 Å². The predicted molar refractivity (Wildman–Crippen MR) is 149 cm³/mol. The topological polar surface area (TPSA) is 113 Å². The lowest BCUT2D eigenvalue weighted by molar-refractivity contribution is -1.05. The fourth-order valence-electron chi connectivity index (χ4n) is 10.1. The van der Waals surface area contributed by atoms with Gasteiger partial charge in [-0.1, -0.05) is 59.0 Å². The standard InChI is InChI=1S/C31H52N2O6/c1-19(2)9-8-10-20(3)25-11-12-26-24-17-28(32-33(36)37)31(39-22(5)35)18-23(38-21(4)34)13-16-30(31,7)27(24)14-15-29(25,26)6/h19-20,23-27,33,36H,8-18H2,1-7H3/b32-28+/t20-,23+,24+,25-,26+,27+,29-,30-,31+/m1/s1. The fourth-order valence-corrected chi connectivity index (χ4v) is 10.1. The van der Waals surface area contributed by atoms with Gasteiger partial charge in [0, 0.05) is 25.7 Å². The highest BCUT2D eigenvalue weighted by Crippen LogP contribution is 2.69. The van der Waals surface area contributed by atoms with Gasteiger partial charge in [-0.05, 0) is 85.9 Å². The Kier molecular flexibility index (Phi) is 8.90. The third-order valence-electron chi connectivity index (χ3n) is 11.7. The molecule has 0 aliphatic heterocycles. The van der Waals surface area contributed by atoms with Crippen LogP contribution in [-0.4, -0.2) is 34.6 Å². The molecule has 0 bridgehead atoms.